The molecule has 3 aromatic rings. The summed E-state index contributed by atoms with van der Waals surface area (Å²) in [5, 5.41) is 1.96. The average molecular weight is 355 g/mol. The number of carbonyl (C=O) groups excluding carboxylic acids is 2. The van der Waals surface area contributed by atoms with Crippen molar-refractivity contribution in [2.24, 2.45) is 0 Å². The average Bonchev–Trinajstić information content (AvgIpc) is 3.27. The molecule has 6 nitrogen and oxygen atoms in total. The van der Waals surface area contributed by atoms with Crippen LogP contribution in [-0.4, -0.2) is 40.0 Å². The molecule has 0 radical (unpaired) electrons. The van der Waals surface area contributed by atoms with Gasteiger partial charge in [0.1, 0.15) is 6.54 Å². The predicted molar refractivity (Wildman–Crippen MR) is 94.2 cm³/mol. The van der Waals surface area contributed by atoms with E-state index >= 15 is 0 Å². The largest absolute Gasteiger partial charge is 0.467 e. The highest BCUT2D eigenvalue weighted by atomic mass is 32.1. The van der Waals surface area contributed by atoms with Crippen LogP contribution in [-0.2, 0) is 27.3 Å². The second-order valence-electron chi connectivity index (χ2n) is 5.92. The van der Waals surface area contributed by atoms with Crippen LogP contribution in [0, 0.1) is 0 Å². The number of rotatable bonds is 3. The van der Waals surface area contributed by atoms with Crippen molar-refractivity contribution < 1.29 is 14.3 Å². The minimum absolute atomic E-state index is 0.115. The number of hydrogen-bond donors (Lipinski definition) is 0. The van der Waals surface area contributed by atoms with Gasteiger partial charge in [0.05, 0.1) is 24.5 Å². The lowest BCUT2D eigenvalue weighted by atomic mass is 10.00. The standard InChI is InChI=1S/C18H17N3O3S/c1-24-18(23)17-12-7-9-25-15(12)6-8-21(17)16(22)10-20-11-19-13-4-2-3-5-14(13)20/h2-5,7,9,11,17H,6,8,10H2,1H3. The first-order valence-corrected chi connectivity index (χ1v) is 8.90. The molecule has 0 aliphatic carbocycles. The molecule has 4 rings (SSSR count). The van der Waals surface area contributed by atoms with Crippen molar-refractivity contribution in [3.63, 3.8) is 0 Å². The predicted octanol–water partition coefficient (Wildman–Crippen LogP) is 2.40. The zero-order valence-electron chi connectivity index (χ0n) is 13.7. The number of benzene rings is 1. The van der Waals surface area contributed by atoms with Gasteiger partial charge in [-0.2, -0.15) is 0 Å². The van der Waals surface area contributed by atoms with Crippen LogP contribution in [0.15, 0.2) is 42.0 Å². The molecule has 0 saturated heterocycles. The summed E-state index contributed by atoms with van der Waals surface area (Å²) in [6, 6.07) is 8.92. The maximum atomic E-state index is 12.9. The van der Waals surface area contributed by atoms with Gasteiger partial charge in [0.2, 0.25) is 5.91 Å². The van der Waals surface area contributed by atoms with Gasteiger partial charge >= 0.3 is 5.97 Å². The molecule has 25 heavy (non-hydrogen) atoms. The smallest absolute Gasteiger partial charge is 0.333 e. The topological polar surface area (TPSA) is 64.4 Å². The lowest BCUT2D eigenvalue weighted by Gasteiger charge is -2.34. The van der Waals surface area contributed by atoms with Crippen LogP contribution in [0.5, 0.6) is 0 Å². The van der Waals surface area contributed by atoms with Gasteiger partial charge < -0.3 is 14.2 Å². The zero-order chi connectivity index (χ0) is 17.4. The lowest BCUT2D eigenvalue weighted by Crippen LogP contribution is -2.44. The molecular formula is C18H17N3O3S. The summed E-state index contributed by atoms with van der Waals surface area (Å²) in [7, 11) is 1.36. The van der Waals surface area contributed by atoms with E-state index in [1.807, 2.05) is 40.3 Å². The number of imidazole rings is 1. The number of amides is 1. The first-order chi connectivity index (χ1) is 12.2. The van der Waals surface area contributed by atoms with E-state index in [1.54, 1.807) is 22.6 Å². The molecule has 0 bridgehead atoms. The Morgan fingerprint density at radius 3 is 3.00 bits per heavy atom. The van der Waals surface area contributed by atoms with E-state index in [9.17, 15) is 9.59 Å². The van der Waals surface area contributed by atoms with Gasteiger partial charge in [-0.15, -0.1) is 11.3 Å². The maximum absolute atomic E-state index is 12.9. The molecule has 0 N–H and O–H groups in total. The molecule has 0 saturated carbocycles. The van der Waals surface area contributed by atoms with Gasteiger partial charge in [-0.1, -0.05) is 12.1 Å². The van der Waals surface area contributed by atoms with E-state index in [2.05, 4.69) is 4.98 Å². The molecule has 1 aliphatic heterocycles. The normalized spacial score (nSPS) is 16.7. The fourth-order valence-corrected chi connectivity index (χ4v) is 4.23. The number of thiophene rings is 1. The minimum atomic E-state index is -0.665. The van der Waals surface area contributed by atoms with Crippen molar-refractivity contribution in [1.29, 1.82) is 0 Å². The fraction of sp³-hybridized carbons (Fsp3) is 0.278. The second kappa shape index (κ2) is 6.33. The highest BCUT2D eigenvalue weighted by Crippen LogP contribution is 2.34. The van der Waals surface area contributed by atoms with Gasteiger partial charge in [0, 0.05) is 11.4 Å². The summed E-state index contributed by atoms with van der Waals surface area (Å²) in [6.45, 7) is 0.659. The van der Waals surface area contributed by atoms with E-state index < -0.39 is 12.0 Å². The number of ether oxygens (including phenoxy) is 1. The Morgan fingerprint density at radius 2 is 2.16 bits per heavy atom. The van der Waals surface area contributed by atoms with Crippen molar-refractivity contribution in [2.45, 2.75) is 19.0 Å². The monoisotopic (exact) mass is 355 g/mol. The summed E-state index contributed by atoms with van der Waals surface area (Å²) >= 11 is 1.62. The molecule has 1 atom stereocenters. The third-order valence-electron chi connectivity index (χ3n) is 4.54. The van der Waals surface area contributed by atoms with Gasteiger partial charge in [-0.25, -0.2) is 9.78 Å². The van der Waals surface area contributed by atoms with Gasteiger partial charge in [-0.05, 0) is 35.6 Å². The molecular weight excluding hydrogens is 338 g/mol. The number of nitrogens with zero attached hydrogens (tertiary/aromatic N) is 3. The van der Waals surface area contributed by atoms with Gasteiger partial charge in [-0.3, -0.25) is 4.79 Å². The van der Waals surface area contributed by atoms with Crippen molar-refractivity contribution in [3.8, 4) is 0 Å². The molecule has 1 amide bonds. The van der Waals surface area contributed by atoms with Crippen molar-refractivity contribution >= 4 is 34.2 Å². The highest BCUT2D eigenvalue weighted by molar-refractivity contribution is 7.10. The van der Waals surface area contributed by atoms with Crippen LogP contribution in [0.2, 0.25) is 0 Å². The SMILES string of the molecule is COC(=O)C1c2ccsc2CCN1C(=O)Cn1cnc2ccccc21. The molecule has 1 unspecified atom stereocenters. The number of hydrogen-bond acceptors (Lipinski definition) is 5. The molecule has 7 heteroatoms. The van der Waals surface area contributed by atoms with Crippen molar-refractivity contribution in [3.05, 3.63) is 52.5 Å². The number of fused-ring (bicyclic) bond motifs is 2. The van der Waals surface area contributed by atoms with Crippen molar-refractivity contribution in [2.75, 3.05) is 13.7 Å². The molecule has 2 aromatic heterocycles. The zero-order valence-corrected chi connectivity index (χ0v) is 14.5. The van der Waals surface area contributed by atoms with Crippen LogP contribution in [0.3, 0.4) is 0 Å². The van der Waals surface area contributed by atoms with Gasteiger partial charge in [0.25, 0.3) is 0 Å². The summed E-state index contributed by atoms with van der Waals surface area (Å²) < 4.78 is 6.77. The maximum Gasteiger partial charge on any atom is 0.333 e. The lowest BCUT2D eigenvalue weighted by molar-refractivity contribution is -0.154. The summed E-state index contributed by atoms with van der Waals surface area (Å²) in [5.41, 5.74) is 2.63. The first-order valence-electron chi connectivity index (χ1n) is 8.02. The Bertz CT molecular complexity index is 946. The van der Waals surface area contributed by atoms with E-state index in [-0.39, 0.29) is 12.5 Å². The van der Waals surface area contributed by atoms with Crippen LogP contribution >= 0.6 is 11.3 Å². The molecule has 3 heterocycles. The Labute approximate surface area is 148 Å². The van der Waals surface area contributed by atoms with Crippen LogP contribution < -0.4 is 0 Å². The first kappa shape index (κ1) is 15.8. The number of esters is 1. The number of methoxy groups -OCH3 is 1. The van der Waals surface area contributed by atoms with E-state index in [4.69, 9.17) is 4.74 Å². The van der Waals surface area contributed by atoms with Crippen LogP contribution in [0.25, 0.3) is 11.0 Å². The summed E-state index contributed by atoms with van der Waals surface area (Å²) in [5.74, 6) is -0.515. The number of carbonyl (C=O) groups is 2. The Kier molecular flexibility index (Phi) is 4.01. The quantitative estimate of drug-likeness (QED) is 0.677. The number of para-hydroxylation sites is 2. The molecule has 0 spiro atoms. The second-order valence-corrected chi connectivity index (χ2v) is 6.92. The molecule has 128 valence electrons. The Hall–Kier alpha value is -2.67. The van der Waals surface area contributed by atoms with E-state index in [0.29, 0.717) is 6.54 Å². The third-order valence-corrected chi connectivity index (χ3v) is 5.54. The molecule has 0 fully saturated rings. The van der Waals surface area contributed by atoms with Crippen LogP contribution in [0.1, 0.15) is 16.5 Å². The molecule has 1 aromatic carbocycles. The summed E-state index contributed by atoms with van der Waals surface area (Å²) in [6.07, 6.45) is 2.42. The van der Waals surface area contributed by atoms with Crippen molar-refractivity contribution in [1.82, 2.24) is 14.5 Å². The third kappa shape index (κ3) is 2.70. The van der Waals surface area contributed by atoms with E-state index in [1.165, 1.54) is 7.11 Å². The Balaban J connectivity index is 1.63. The van der Waals surface area contributed by atoms with E-state index in [0.717, 1.165) is 27.9 Å². The Morgan fingerprint density at radius 1 is 1.32 bits per heavy atom. The highest BCUT2D eigenvalue weighted by Gasteiger charge is 2.37. The fourth-order valence-electron chi connectivity index (χ4n) is 3.32. The molecule has 1 aliphatic rings. The summed E-state index contributed by atoms with van der Waals surface area (Å²) in [4.78, 5) is 32.4. The van der Waals surface area contributed by atoms with Crippen LogP contribution in [0.4, 0.5) is 0 Å². The number of aromatic nitrogens is 2. The van der Waals surface area contributed by atoms with Gasteiger partial charge in [0.15, 0.2) is 6.04 Å². The minimum Gasteiger partial charge on any atom is -0.467 e.